The smallest absolute Gasteiger partial charge is 0.0873 e. The van der Waals surface area contributed by atoms with Gasteiger partial charge in [0.1, 0.15) is 0 Å². The fourth-order valence-corrected chi connectivity index (χ4v) is 5.47. The van der Waals surface area contributed by atoms with Crippen molar-refractivity contribution < 1.29 is 5.11 Å². The van der Waals surface area contributed by atoms with Crippen molar-refractivity contribution in [2.75, 3.05) is 20.6 Å². The topological polar surface area (TPSA) is 23.5 Å². The number of benzene rings is 2. The second kappa shape index (κ2) is 8.29. The van der Waals surface area contributed by atoms with E-state index in [-0.39, 0.29) is 0 Å². The summed E-state index contributed by atoms with van der Waals surface area (Å²) in [6, 6.07) is 21.2. The van der Waals surface area contributed by atoms with Crippen molar-refractivity contribution in [1.82, 2.24) is 4.90 Å². The van der Waals surface area contributed by atoms with Crippen LogP contribution in [0, 0.1) is 0 Å². The Morgan fingerprint density at radius 2 is 1.44 bits per heavy atom. The van der Waals surface area contributed by atoms with E-state index in [1.807, 2.05) is 0 Å². The second-order valence-electron chi connectivity index (χ2n) is 6.35. The van der Waals surface area contributed by atoms with Gasteiger partial charge in [-0.15, -0.1) is 0 Å². The molecule has 2 aromatic rings. The highest BCUT2D eigenvalue weighted by Gasteiger charge is 2.26. The second-order valence-corrected chi connectivity index (χ2v) is 8.53. The van der Waals surface area contributed by atoms with Crippen LogP contribution in [0.4, 0.5) is 0 Å². The monoisotopic (exact) mass is 349 g/mol. The maximum absolute atomic E-state index is 9.97. The Morgan fingerprint density at radius 1 is 0.880 bits per heavy atom. The third-order valence-corrected chi connectivity index (χ3v) is 6.79. The molecule has 0 fully saturated rings. The SMILES string of the molecule is CN(C)CCC1=CC=C(P(c2ccccc2)c2ccccc2)C1=CO. The molecular formula is C22H24NOP. The quantitative estimate of drug-likeness (QED) is 0.620. The van der Waals surface area contributed by atoms with Crippen molar-refractivity contribution in [2.45, 2.75) is 6.42 Å². The van der Waals surface area contributed by atoms with Gasteiger partial charge in [0.25, 0.3) is 0 Å². The minimum atomic E-state index is -0.683. The fraction of sp³-hybridized carbons (Fsp3) is 0.182. The lowest BCUT2D eigenvalue weighted by Crippen LogP contribution is -2.15. The van der Waals surface area contributed by atoms with Crippen molar-refractivity contribution in [3.05, 3.63) is 95.5 Å². The van der Waals surface area contributed by atoms with Crippen molar-refractivity contribution in [2.24, 2.45) is 0 Å². The van der Waals surface area contributed by atoms with E-state index in [2.05, 4.69) is 91.8 Å². The summed E-state index contributed by atoms with van der Waals surface area (Å²) < 4.78 is 0. The molecular weight excluding hydrogens is 325 g/mol. The molecule has 0 heterocycles. The Bertz CT molecular complexity index is 752. The molecule has 3 heteroatoms. The van der Waals surface area contributed by atoms with Crippen molar-refractivity contribution in [1.29, 1.82) is 0 Å². The molecule has 0 aromatic heterocycles. The molecule has 128 valence electrons. The summed E-state index contributed by atoms with van der Waals surface area (Å²) in [4.78, 5) is 2.17. The summed E-state index contributed by atoms with van der Waals surface area (Å²) in [5.74, 6) is 0. The third-order valence-electron chi connectivity index (χ3n) is 4.29. The van der Waals surface area contributed by atoms with Gasteiger partial charge in [0.15, 0.2) is 0 Å². The lowest BCUT2D eigenvalue weighted by atomic mass is 10.1. The maximum Gasteiger partial charge on any atom is 0.0873 e. The molecule has 0 amide bonds. The zero-order valence-corrected chi connectivity index (χ0v) is 15.7. The van der Waals surface area contributed by atoms with Gasteiger partial charge >= 0.3 is 0 Å². The van der Waals surface area contributed by atoms with Gasteiger partial charge in [-0.1, -0.05) is 72.8 Å². The molecule has 1 N–H and O–H groups in total. The molecule has 3 rings (SSSR count). The zero-order chi connectivity index (χ0) is 17.6. The van der Waals surface area contributed by atoms with Crippen LogP contribution in [-0.2, 0) is 0 Å². The Kier molecular flexibility index (Phi) is 5.86. The largest absolute Gasteiger partial charge is 0.515 e. The summed E-state index contributed by atoms with van der Waals surface area (Å²) in [6.07, 6.45) is 6.59. The van der Waals surface area contributed by atoms with Crippen LogP contribution in [0.2, 0.25) is 0 Å². The average Bonchev–Trinajstić information content (AvgIpc) is 3.04. The molecule has 0 bridgehead atoms. The lowest BCUT2D eigenvalue weighted by Gasteiger charge is -2.22. The van der Waals surface area contributed by atoms with E-state index >= 15 is 0 Å². The number of allylic oxidation sites excluding steroid dienone is 4. The molecule has 0 spiro atoms. The van der Waals surface area contributed by atoms with Crippen molar-refractivity contribution >= 4 is 18.5 Å². The molecule has 2 nitrogen and oxygen atoms in total. The first-order chi connectivity index (χ1) is 12.2. The summed E-state index contributed by atoms with van der Waals surface area (Å²) in [5, 5.41) is 13.8. The Hall–Kier alpha value is -2.15. The molecule has 0 saturated carbocycles. The summed E-state index contributed by atoms with van der Waals surface area (Å²) in [5.41, 5.74) is 2.20. The Labute approximate surface area is 151 Å². The van der Waals surface area contributed by atoms with E-state index in [9.17, 15) is 5.11 Å². The summed E-state index contributed by atoms with van der Waals surface area (Å²) >= 11 is 0. The van der Waals surface area contributed by atoms with Crippen molar-refractivity contribution in [3.8, 4) is 0 Å². The van der Waals surface area contributed by atoms with E-state index in [1.165, 1.54) is 27.8 Å². The maximum atomic E-state index is 9.97. The molecule has 0 saturated heterocycles. The highest BCUT2D eigenvalue weighted by molar-refractivity contribution is 7.77. The van der Waals surface area contributed by atoms with Crippen molar-refractivity contribution in [3.63, 3.8) is 0 Å². The molecule has 0 aliphatic heterocycles. The van der Waals surface area contributed by atoms with Gasteiger partial charge in [0, 0.05) is 12.1 Å². The van der Waals surface area contributed by atoms with Gasteiger partial charge < -0.3 is 10.0 Å². The first-order valence-corrected chi connectivity index (χ1v) is 9.86. The number of nitrogens with zero attached hydrogens (tertiary/aromatic N) is 1. The highest BCUT2D eigenvalue weighted by atomic mass is 31.1. The summed E-state index contributed by atoms with van der Waals surface area (Å²) in [7, 11) is 3.47. The van der Waals surface area contributed by atoms with E-state index in [0.717, 1.165) is 18.5 Å². The first-order valence-electron chi connectivity index (χ1n) is 8.51. The highest BCUT2D eigenvalue weighted by Crippen LogP contribution is 2.50. The van der Waals surface area contributed by atoms with Crippen LogP contribution in [0.3, 0.4) is 0 Å². The number of aliphatic hydroxyl groups excluding tert-OH is 1. The minimum absolute atomic E-state index is 0.683. The molecule has 0 atom stereocenters. The van der Waals surface area contributed by atoms with Gasteiger partial charge in [0.2, 0.25) is 0 Å². The van der Waals surface area contributed by atoms with Crippen LogP contribution < -0.4 is 10.6 Å². The minimum Gasteiger partial charge on any atom is -0.515 e. The molecule has 25 heavy (non-hydrogen) atoms. The molecule has 2 aromatic carbocycles. The van der Waals surface area contributed by atoms with Crippen LogP contribution in [0.1, 0.15) is 6.42 Å². The Balaban J connectivity index is 1.96. The number of hydrogen-bond donors (Lipinski definition) is 1. The van der Waals surface area contributed by atoms with Crippen LogP contribution >= 0.6 is 7.92 Å². The van der Waals surface area contributed by atoms with Crippen LogP contribution in [-0.4, -0.2) is 30.6 Å². The number of hydrogen-bond acceptors (Lipinski definition) is 2. The average molecular weight is 349 g/mol. The van der Waals surface area contributed by atoms with Gasteiger partial charge in [-0.3, -0.25) is 0 Å². The fourth-order valence-electron chi connectivity index (χ4n) is 3.01. The Morgan fingerprint density at radius 3 is 1.92 bits per heavy atom. The molecule has 1 aliphatic carbocycles. The normalized spacial score (nSPS) is 15.8. The third kappa shape index (κ3) is 4.10. The molecule has 0 unspecified atom stereocenters. The number of aliphatic hydroxyl groups is 1. The van der Waals surface area contributed by atoms with Gasteiger partial charge in [-0.2, -0.15) is 0 Å². The van der Waals surface area contributed by atoms with Gasteiger partial charge in [0.05, 0.1) is 6.26 Å². The van der Waals surface area contributed by atoms with Crippen LogP contribution in [0.5, 0.6) is 0 Å². The summed E-state index contributed by atoms with van der Waals surface area (Å²) in [6.45, 7) is 0.971. The van der Waals surface area contributed by atoms with E-state index < -0.39 is 7.92 Å². The standard InChI is InChI=1S/C22H24NOP/c1-23(2)16-15-18-13-14-22(21(18)17-24)25(19-9-5-3-6-10-19)20-11-7-4-8-12-20/h3-14,17,24H,15-16H2,1-2H3. The lowest BCUT2D eigenvalue weighted by molar-refractivity contribution is 0.413. The molecule has 0 radical (unpaired) electrons. The number of rotatable bonds is 6. The van der Waals surface area contributed by atoms with Gasteiger partial charge in [-0.05, 0) is 49.9 Å². The van der Waals surface area contributed by atoms with E-state index in [1.54, 1.807) is 0 Å². The predicted octanol–water partition coefficient (Wildman–Crippen LogP) is 4.34. The van der Waals surface area contributed by atoms with E-state index in [4.69, 9.17) is 0 Å². The van der Waals surface area contributed by atoms with Crippen LogP contribution in [0.25, 0.3) is 0 Å². The zero-order valence-electron chi connectivity index (χ0n) is 14.8. The van der Waals surface area contributed by atoms with Gasteiger partial charge in [-0.25, -0.2) is 0 Å². The van der Waals surface area contributed by atoms with Crippen LogP contribution in [0.15, 0.2) is 95.5 Å². The first kappa shape index (κ1) is 17.7. The predicted molar refractivity (Wildman–Crippen MR) is 109 cm³/mol. The molecule has 1 aliphatic rings. The van der Waals surface area contributed by atoms with E-state index in [0.29, 0.717) is 0 Å².